The maximum absolute atomic E-state index is 5.67. The van der Waals surface area contributed by atoms with E-state index in [1.165, 1.54) is 16.8 Å². The Labute approximate surface area is 148 Å². The number of hydrogen-bond donors (Lipinski definition) is 1. The molecule has 0 spiro atoms. The van der Waals surface area contributed by atoms with Crippen LogP contribution in [0.2, 0.25) is 0 Å². The molecule has 2 aromatic rings. The quantitative estimate of drug-likeness (QED) is 0.923. The van der Waals surface area contributed by atoms with Gasteiger partial charge in [-0.2, -0.15) is 0 Å². The molecular formula is C19H24N4O2. The van der Waals surface area contributed by atoms with Gasteiger partial charge in [-0.3, -0.25) is 0 Å². The normalized spacial score (nSPS) is 18.6. The van der Waals surface area contributed by atoms with Crippen molar-refractivity contribution in [2.75, 3.05) is 32.2 Å². The summed E-state index contributed by atoms with van der Waals surface area (Å²) in [6, 6.07) is 6.45. The minimum Gasteiger partial charge on any atom is -0.486 e. The predicted octanol–water partition coefficient (Wildman–Crippen LogP) is 2.48. The van der Waals surface area contributed by atoms with Gasteiger partial charge in [-0.05, 0) is 37.0 Å². The maximum Gasteiger partial charge on any atom is 0.225 e. The number of hydrogen-bond acceptors (Lipinski definition) is 6. The third-order valence-electron chi connectivity index (χ3n) is 4.73. The van der Waals surface area contributed by atoms with Gasteiger partial charge < -0.3 is 19.7 Å². The molecule has 1 aliphatic carbocycles. The zero-order chi connectivity index (χ0) is 17.2. The number of nitrogens with zero attached hydrogens (tertiary/aromatic N) is 3. The van der Waals surface area contributed by atoms with Crippen LogP contribution >= 0.6 is 0 Å². The second-order valence-corrected chi connectivity index (χ2v) is 6.77. The van der Waals surface area contributed by atoms with Crippen LogP contribution in [0.25, 0.3) is 0 Å². The largest absolute Gasteiger partial charge is 0.486 e. The molecule has 1 unspecified atom stereocenters. The van der Waals surface area contributed by atoms with Crippen LogP contribution in [0, 0.1) is 0 Å². The molecule has 1 aromatic heterocycles. The molecule has 0 saturated heterocycles. The van der Waals surface area contributed by atoms with E-state index in [9.17, 15) is 0 Å². The Morgan fingerprint density at radius 2 is 2.04 bits per heavy atom. The van der Waals surface area contributed by atoms with Crippen LogP contribution in [0.1, 0.15) is 35.7 Å². The van der Waals surface area contributed by atoms with E-state index in [2.05, 4.69) is 22.4 Å². The molecule has 2 aliphatic rings. The molecule has 0 bridgehead atoms. The second kappa shape index (κ2) is 6.88. The summed E-state index contributed by atoms with van der Waals surface area (Å²) in [5, 5.41) is 3.66. The van der Waals surface area contributed by atoms with E-state index in [0.717, 1.165) is 43.3 Å². The molecule has 0 amide bonds. The SMILES string of the molecule is CN(C)c1ncc2c(n1)CCCC2NCc1ccc2c(c1)OCCO2. The highest BCUT2D eigenvalue weighted by atomic mass is 16.6. The highest BCUT2D eigenvalue weighted by Crippen LogP contribution is 2.32. The van der Waals surface area contributed by atoms with Gasteiger partial charge in [-0.25, -0.2) is 9.97 Å². The topological polar surface area (TPSA) is 59.5 Å². The summed E-state index contributed by atoms with van der Waals surface area (Å²) in [6.07, 6.45) is 5.27. The fourth-order valence-electron chi connectivity index (χ4n) is 3.40. The number of fused-ring (bicyclic) bond motifs is 2. The molecule has 6 heteroatoms. The first kappa shape index (κ1) is 16.1. The van der Waals surface area contributed by atoms with E-state index < -0.39 is 0 Å². The van der Waals surface area contributed by atoms with E-state index >= 15 is 0 Å². The first-order chi connectivity index (χ1) is 12.2. The van der Waals surface area contributed by atoms with Crippen LogP contribution in [0.3, 0.4) is 0 Å². The number of aromatic nitrogens is 2. The second-order valence-electron chi connectivity index (χ2n) is 6.77. The van der Waals surface area contributed by atoms with Gasteiger partial charge in [0.25, 0.3) is 0 Å². The first-order valence-electron chi connectivity index (χ1n) is 8.86. The summed E-state index contributed by atoms with van der Waals surface area (Å²) in [6.45, 7) is 2.03. The molecule has 2 heterocycles. The molecule has 0 fully saturated rings. The minimum absolute atomic E-state index is 0.299. The molecule has 6 nitrogen and oxygen atoms in total. The van der Waals surface area contributed by atoms with Crippen LogP contribution in [0.4, 0.5) is 5.95 Å². The van der Waals surface area contributed by atoms with Crippen LogP contribution in [-0.2, 0) is 13.0 Å². The lowest BCUT2D eigenvalue weighted by atomic mass is 9.92. The molecule has 1 aromatic carbocycles. The van der Waals surface area contributed by atoms with Crippen molar-refractivity contribution in [3.8, 4) is 11.5 Å². The molecule has 25 heavy (non-hydrogen) atoms. The van der Waals surface area contributed by atoms with E-state index in [1.54, 1.807) is 0 Å². The Morgan fingerprint density at radius 1 is 1.20 bits per heavy atom. The molecular weight excluding hydrogens is 316 g/mol. The average Bonchev–Trinajstić information content (AvgIpc) is 2.65. The van der Waals surface area contributed by atoms with Crippen LogP contribution < -0.4 is 19.7 Å². The van der Waals surface area contributed by atoms with E-state index in [4.69, 9.17) is 14.5 Å². The third kappa shape index (κ3) is 3.39. The molecule has 132 valence electrons. The van der Waals surface area contributed by atoms with Gasteiger partial charge in [-0.15, -0.1) is 0 Å². The maximum atomic E-state index is 5.67. The van der Waals surface area contributed by atoms with Crippen LogP contribution in [0.15, 0.2) is 24.4 Å². The highest BCUT2D eigenvalue weighted by Gasteiger charge is 2.22. The molecule has 1 atom stereocenters. The summed E-state index contributed by atoms with van der Waals surface area (Å²) < 4.78 is 11.3. The van der Waals surface area contributed by atoms with Crippen LogP contribution in [0.5, 0.6) is 11.5 Å². The van der Waals surface area contributed by atoms with E-state index in [-0.39, 0.29) is 0 Å². The van der Waals surface area contributed by atoms with Crippen molar-refractivity contribution >= 4 is 5.95 Å². The fourth-order valence-corrected chi connectivity index (χ4v) is 3.40. The van der Waals surface area contributed by atoms with Gasteiger partial charge in [0.05, 0.1) is 5.69 Å². The lowest BCUT2D eigenvalue weighted by molar-refractivity contribution is 0.171. The lowest BCUT2D eigenvalue weighted by Gasteiger charge is -2.26. The Balaban J connectivity index is 1.47. The summed E-state index contributed by atoms with van der Waals surface area (Å²) in [5.74, 6) is 2.46. The Bertz CT molecular complexity index is 763. The Morgan fingerprint density at radius 3 is 2.88 bits per heavy atom. The van der Waals surface area contributed by atoms with Crippen molar-refractivity contribution in [1.29, 1.82) is 0 Å². The van der Waals surface area contributed by atoms with E-state index in [0.29, 0.717) is 19.3 Å². The van der Waals surface area contributed by atoms with Crippen molar-refractivity contribution in [3.63, 3.8) is 0 Å². The third-order valence-corrected chi connectivity index (χ3v) is 4.73. The number of anilines is 1. The number of nitrogens with one attached hydrogen (secondary N) is 1. The fraction of sp³-hybridized carbons (Fsp3) is 0.474. The van der Waals surface area contributed by atoms with Crippen molar-refractivity contribution in [2.45, 2.75) is 31.8 Å². The Hall–Kier alpha value is -2.34. The standard InChI is InChI=1S/C19H24N4O2/c1-23(2)19-21-12-14-15(4-3-5-16(14)22-19)20-11-13-6-7-17-18(10-13)25-9-8-24-17/h6-7,10,12,15,20H,3-5,8-9,11H2,1-2H3. The van der Waals surface area contributed by atoms with Crippen molar-refractivity contribution < 1.29 is 9.47 Å². The van der Waals surface area contributed by atoms with Gasteiger partial charge >= 0.3 is 0 Å². The number of aryl methyl sites for hydroxylation is 1. The zero-order valence-electron chi connectivity index (χ0n) is 14.8. The van der Waals surface area contributed by atoms with Crippen molar-refractivity contribution in [1.82, 2.24) is 15.3 Å². The van der Waals surface area contributed by atoms with Gasteiger partial charge in [0.1, 0.15) is 13.2 Å². The molecule has 4 rings (SSSR count). The summed E-state index contributed by atoms with van der Waals surface area (Å²) in [7, 11) is 3.95. The number of rotatable bonds is 4. The van der Waals surface area contributed by atoms with Gasteiger partial charge in [0.15, 0.2) is 11.5 Å². The summed E-state index contributed by atoms with van der Waals surface area (Å²) in [4.78, 5) is 11.2. The van der Waals surface area contributed by atoms with Crippen molar-refractivity contribution in [2.24, 2.45) is 0 Å². The summed E-state index contributed by atoms with van der Waals surface area (Å²) in [5.41, 5.74) is 3.60. The number of ether oxygens (including phenoxy) is 2. The van der Waals surface area contributed by atoms with Crippen molar-refractivity contribution in [3.05, 3.63) is 41.2 Å². The average molecular weight is 340 g/mol. The predicted molar refractivity (Wildman–Crippen MR) is 96.3 cm³/mol. The first-order valence-corrected chi connectivity index (χ1v) is 8.86. The summed E-state index contributed by atoms with van der Waals surface area (Å²) >= 11 is 0. The molecule has 1 N–H and O–H groups in total. The van der Waals surface area contributed by atoms with E-state index in [1.807, 2.05) is 31.3 Å². The minimum atomic E-state index is 0.299. The highest BCUT2D eigenvalue weighted by molar-refractivity contribution is 5.44. The molecule has 0 saturated carbocycles. The van der Waals surface area contributed by atoms with Gasteiger partial charge in [0, 0.05) is 38.4 Å². The number of benzene rings is 1. The Kier molecular flexibility index (Phi) is 4.44. The smallest absolute Gasteiger partial charge is 0.225 e. The molecule has 0 radical (unpaired) electrons. The van der Waals surface area contributed by atoms with Crippen LogP contribution in [-0.4, -0.2) is 37.3 Å². The lowest BCUT2D eigenvalue weighted by Crippen LogP contribution is -2.26. The molecule has 1 aliphatic heterocycles. The van der Waals surface area contributed by atoms with Gasteiger partial charge in [-0.1, -0.05) is 6.07 Å². The zero-order valence-corrected chi connectivity index (χ0v) is 14.8. The monoisotopic (exact) mass is 340 g/mol. The van der Waals surface area contributed by atoms with Gasteiger partial charge in [0.2, 0.25) is 5.95 Å².